The molecule has 2 aromatic heterocycles. The number of hydrogen-bond acceptors (Lipinski definition) is 5. The van der Waals surface area contributed by atoms with Crippen LogP contribution in [-0.2, 0) is 19.6 Å². The summed E-state index contributed by atoms with van der Waals surface area (Å²) >= 11 is 3.03. The number of aromatic nitrogens is 2. The van der Waals surface area contributed by atoms with Crippen molar-refractivity contribution in [1.82, 2.24) is 8.96 Å². The zero-order chi connectivity index (χ0) is 24.4. The van der Waals surface area contributed by atoms with Gasteiger partial charge in [-0.25, -0.2) is 22.2 Å². The molecule has 1 aliphatic rings. The standard InChI is InChI=1S/C14H12N2O2S.C9H9BrO4/c1-11-4-6-13(7-5-11)19(17,18)16-10-8-12-3-2-9-15-14(12)16;1-5-2-6(7(11)12)4-9(10,3-5)8(13)14/h2-10H,1H3;2-3H,4H2,1H3,(H,11,12)(H,13,14). The van der Waals surface area contributed by atoms with Crippen LogP contribution in [-0.4, -0.2) is 43.9 Å². The van der Waals surface area contributed by atoms with Crippen molar-refractivity contribution in [1.29, 1.82) is 0 Å². The number of benzene rings is 1. The van der Waals surface area contributed by atoms with Crippen molar-refractivity contribution in [3.8, 4) is 0 Å². The molecule has 10 heteroatoms. The van der Waals surface area contributed by atoms with Crippen molar-refractivity contribution >= 4 is 48.9 Å². The molecule has 0 bridgehead atoms. The molecule has 33 heavy (non-hydrogen) atoms. The lowest BCUT2D eigenvalue weighted by atomic mass is 9.91. The molecular weight excluding hydrogens is 512 g/mol. The predicted molar refractivity (Wildman–Crippen MR) is 127 cm³/mol. The molecule has 1 atom stereocenters. The zero-order valence-electron chi connectivity index (χ0n) is 17.8. The van der Waals surface area contributed by atoms with Gasteiger partial charge in [-0.3, -0.25) is 4.79 Å². The number of halogens is 1. The summed E-state index contributed by atoms with van der Waals surface area (Å²) in [4.78, 5) is 26.0. The first-order valence-corrected chi connectivity index (χ1v) is 12.0. The molecule has 0 saturated heterocycles. The molecule has 1 aromatic carbocycles. The van der Waals surface area contributed by atoms with Crippen LogP contribution in [0.25, 0.3) is 11.0 Å². The van der Waals surface area contributed by atoms with Gasteiger partial charge in [0.15, 0.2) is 5.65 Å². The number of carbonyl (C=O) groups is 2. The Hall–Kier alpha value is -3.24. The van der Waals surface area contributed by atoms with Crippen molar-refractivity contribution in [3.05, 3.63) is 83.7 Å². The normalized spacial score (nSPS) is 18.0. The number of aryl methyl sites for hydroxylation is 1. The average Bonchev–Trinajstić information content (AvgIpc) is 3.19. The molecular formula is C23H21BrN2O6S. The number of hydrogen-bond donors (Lipinski definition) is 2. The van der Waals surface area contributed by atoms with Crippen molar-refractivity contribution in [2.45, 2.75) is 29.5 Å². The average molecular weight is 533 g/mol. The quantitative estimate of drug-likeness (QED) is 0.483. The Morgan fingerprint density at radius 1 is 1.09 bits per heavy atom. The van der Waals surface area contributed by atoms with Gasteiger partial charge >= 0.3 is 11.9 Å². The van der Waals surface area contributed by atoms with Crippen molar-refractivity contribution in [3.63, 3.8) is 0 Å². The van der Waals surface area contributed by atoms with Crippen molar-refractivity contribution in [2.24, 2.45) is 0 Å². The predicted octanol–water partition coefficient (Wildman–Crippen LogP) is 4.15. The third kappa shape index (κ3) is 5.23. The summed E-state index contributed by atoms with van der Waals surface area (Å²) < 4.78 is 25.0. The number of carboxylic acid groups (broad SMARTS) is 2. The van der Waals surface area contributed by atoms with Gasteiger partial charge in [0.1, 0.15) is 4.32 Å². The van der Waals surface area contributed by atoms with Gasteiger partial charge in [0.2, 0.25) is 0 Å². The molecule has 2 heterocycles. The van der Waals surface area contributed by atoms with Crippen molar-refractivity contribution in [2.75, 3.05) is 0 Å². The maximum Gasteiger partial charge on any atom is 0.331 e. The molecule has 4 rings (SSSR count). The van der Waals surface area contributed by atoms with Gasteiger partial charge in [0.25, 0.3) is 10.0 Å². The van der Waals surface area contributed by atoms with E-state index >= 15 is 0 Å². The van der Waals surface area contributed by atoms with E-state index in [1.165, 1.54) is 22.3 Å². The highest BCUT2D eigenvalue weighted by Gasteiger charge is 2.37. The number of fused-ring (bicyclic) bond motifs is 1. The Kier molecular flexibility index (Phi) is 6.89. The van der Waals surface area contributed by atoms with Crippen molar-refractivity contribution < 1.29 is 28.2 Å². The smallest absolute Gasteiger partial charge is 0.331 e. The molecule has 0 amide bonds. The molecule has 8 nitrogen and oxygen atoms in total. The number of nitrogens with zero attached hydrogens (tertiary/aromatic N) is 2. The van der Waals surface area contributed by atoms with Crippen LogP contribution < -0.4 is 0 Å². The van der Waals surface area contributed by atoms with Gasteiger partial charge in [0.05, 0.1) is 4.90 Å². The third-order valence-corrected chi connectivity index (χ3v) is 7.46. The fourth-order valence-electron chi connectivity index (χ4n) is 3.29. The fourth-order valence-corrected chi connectivity index (χ4v) is 5.26. The van der Waals surface area contributed by atoms with E-state index in [4.69, 9.17) is 10.2 Å². The van der Waals surface area contributed by atoms with Gasteiger partial charge < -0.3 is 10.2 Å². The minimum Gasteiger partial charge on any atom is -0.480 e. The molecule has 0 fully saturated rings. The lowest BCUT2D eigenvalue weighted by Gasteiger charge is -2.23. The van der Waals surface area contributed by atoms with Crippen LogP contribution in [0.3, 0.4) is 0 Å². The van der Waals surface area contributed by atoms with Crippen LogP contribution >= 0.6 is 15.9 Å². The van der Waals surface area contributed by atoms with Gasteiger partial charge in [-0.05, 0) is 50.3 Å². The Morgan fingerprint density at radius 2 is 1.76 bits per heavy atom. The summed E-state index contributed by atoms with van der Waals surface area (Å²) in [6.45, 7) is 3.59. The molecule has 172 valence electrons. The largest absolute Gasteiger partial charge is 0.480 e. The first-order chi connectivity index (χ1) is 15.4. The molecule has 0 aliphatic heterocycles. The fraction of sp³-hybridized carbons (Fsp3) is 0.174. The van der Waals surface area contributed by atoms with E-state index in [2.05, 4.69) is 20.9 Å². The molecule has 0 radical (unpaired) electrons. The number of rotatable bonds is 4. The Bertz CT molecular complexity index is 1390. The molecule has 0 spiro atoms. The summed E-state index contributed by atoms with van der Waals surface area (Å²) in [5.74, 6) is -2.16. The number of aliphatic carboxylic acids is 2. The van der Waals surface area contributed by atoms with Crippen LogP contribution in [0.15, 0.2) is 83.1 Å². The first kappa shape index (κ1) is 24.4. The highest BCUT2D eigenvalue weighted by atomic mass is 79.9. The lowest BCUT2D eigenvalue weighted by Crippen LogP contribution is -2.33. The number of alkyl halides is 1. The maximum absolute atomic E-state index is 12.5. The SMILES string of the molecule is CC1=CC(Br)(C(=O)O)CC(C(=O)O)=C1.Cc1ccc(S(=O)(=O)n2ccc3cccnc32)cc1. The first-order valence-electron chi connectivity index (χ1n) is 9.74. The van der Waals surface area contributed by atoms with Crippen LogP contribution in [0.4, 0.5) is 0 Å². The van der Waals surface area contributed by atoms with Gasteiger partial charge in [-0.1, -0.05) is 45.3 Å². The second-order valence-corrected chi connectivity index (χ2v) is 10.8. The minimum absolute atomic E-state index is 0.0466. The second kappa shape index (κ2) is 9.32. The van der Waals surface area contributed by atoms with Gasteiger partial charge in [-0.2, -0.15) is 0 Å². The Labute approximate surface area is 199 Å². The molecule has 0 saturated carbocycles. The van der Waals surface area contributed by atoms with E-state index in [9.17, 15) is 18.0 Å². The van der Waals surface area contributed by atoms with E-state index in [0.717, 1.165) is 10.9 Å². The number of pyridine rings is 1. The van der Waals surface area contributed by atoms with Gasteiger partial charge in [0, 0.05) is 29.8 Å². The number of carboxylic acids is 2. The molecule has 2 N–H and O–H groups in total. The monoisotopic (exact) mass is 532 g/mol. The Morgan fingerprint density at radius 3 is 2.36 bits per heavy atom. The van der Waals surface area contributed by atoms with Crippen LogP contribution in [0, 0.1) is 6.92 Å². The zero-order valence-corrected chi connectivity index (χ0v) is 20.2. The Balaban J connectivity index is 0.000000196. The van der Waals surface area contributed by atoms with E-state index < -0.39 is 26.3 Å². The van der Waals surface area contributed by atoms with Crippen LogP contribution in [0.2, 0.25) is 0 Å². The highest BCUT2D eigenvalue weighted by molar-refractivity contribution is 9.10. The third-order valence-electron chi connectivity index (χ3n) is 4.93. The summed E-state index contributed by atoms with van der Waals surface area (Å²) in [7, 11) is -3.58. The molecule has 1 aliphatic carbocycles. The minimum atomic E-state index is -3.58. The van der Waals surface area contributed by atoms with E-state index in [1.54, 1.807) is 49.5 Å². The van der Waals surface area contributed by atoms with Gasteiger partial charge in [-0.15, -0.1) is 0 Å². The molecule has 3 aromatic rings. The summed E-state index contributed by atoms with van der Waals surface area (Å²) in [5, 5.41) is 18.5. The van der Waals surface area contributed by atoms with Crippen LogP contribution in [0.1, 0.15) is 18.9 Å². The van der Waals surface area contributed by atoms with E-state index in [-0.39, 0.29) is 16.9 Å². The van der Waals surface area contributed by atoms with E-state index in [0.29, 0.717) is 11.2 Å². The summed E-state index contributed by atoms with van der Waals surface area (Å²) in [5.41, 5.74) is 2.20. The second-order valence-electron chi connectivity index (χ2n) is 7.55. The lowest BCUT2D eigenvalue weighted by molar-refractivity contribution is -0.138. The highest BCUT2D eigenvalue weighted by Crippen LogP contribution is 2.34. The molecule has 1 unspecified atom stereocenters. The van der Waals surface area contributed by atoms with Crippen LogP contribution in [0.5, 0.6) is 0 Å². The number of allylic oxidation sites excluding steroid dienone is 2. The summed E-state index contributed by atoms with van der Waals surface area (Å²) in [6, 6.07) is 12.2. The maximum atomic E-state index is 12.5. The topological polar surface area (TPSA) is 127 Å². The summed E-state index contributed by atoms with van der Waals surface area (Å²) in [6.07, 6.45) is 6.05. The van der Waals surface area contributed by atoms with E-state index in [1.807, 2.05) is 13.0 Å².